The maximum Gasteiger partial charge on any atom is 0.226 e. The van der Waals surface area contributed by atoms with Gasteiger partial charge in [-0.2, -0.15) is 5.10 Å². The summed E-state index contributed by atoms with van der Waals surface area (Å²) in [5.74, 6) is -0.00779. The van der Waals surface area contributed by atoms with Gasteiger partial charge >= 0.3 is 0 Å². The fourth-order valence-corrected chi connectivity index (χ4v) is 3.06. The summed E-state index contributed by atoms with van der Waals surface area (Å²) in [7, 11) is 0. The summed E-state index contributed by atoms with van der Waals surface area (Å²) in [6.45, 7) is 2.62. The van der Waals surface area contributed by atoms with E-state index in [0.717, 1.165) is 22.0 Å². The Morgan fingerprint density at radius 3 is 2.68 bits per heavy atom. The third kappa shape index (κ3) is 3.24. The molecular formula is C21H19N3O. The summed E-state index contributed by atoms with van der Waals surface area (Å²) >= 11 is 0. The van der Waals surface area contributed by atoms with Gasteiger partial charge in [0.15, 0.2) is 0 Å². The number of aromatic nitrogens is 2. The van der Waals surface area contributed by atoms with Crippen molar-refractivity contribution in [3.63, 3.8) is 0 Å². The first-order valence-corrected chi connectivity index (χ1v) is 8.40. The number of nitrogens with one attached hydrogen (secondary N) is 1. The first-order chi connectivity index (χ1) is 12.2. The number of fused-ring (bicyclic) bond motifs is 2. The summed E-state index contributed by atoms with van der Waals surface area (Å²) in [5, 5.41) is 10.8. The zero-order valence-corrected chi connectivity index (χ0v) is 14.1. The van der Waals surface area contributed by atoms with Crippen molar-refractivity contribution in [2.24, 2.45) is 0 Å². The Hall–Kier alpha value is -3.14. The van der Waals surface area contributed by atoms with Crippen LogP contribution in [0.4, 0.5) is 5.69 Å². The molecule has 124 valence electrons. The molecule has 1 amide bonds. The smallest absolute Gasteiger partial charge is 0.226 e. The van der Waals surface area contributed by atoms with Crippen molar-refractivity contribution >= 4 is 33.3 Å². The molecule has 1 heterocycles. The molecule has 1 N–H and O–H groups in total. The number of amides is 1. The van der Waals surface area contributed by atoms with Crippen LogP contribution in [-0.2, 0) is 11.3 Å². The molecule has 0 aliphatic carbocycles. The summed E-state index contributed by atoms with van der Waals surface area (Å²) in [6.07, 6.45) is 2.23. The van der Waals surface area contributed by atoms with E-state index in [0.29, 0.717) is 13.0 Å². The van der Waals surface area contributed by atoms with E-state index in [4.69, 9.17) is 0 Å². The lowest BCUT2D eigenvalue weighted by Crippen LogP contribution is -2.15. The predicted octanol–water partition coefficient (Wildman–Crippen LogP) is 4.53. The van der Waals surface area contributed by atoms with Crippen LogP contribution in [0.2, 0.25) is 0 Å². The van der Waals surface area contributed by atoms with Crippen molar-refractivity contribution in [3.05, 3.63) is 72.4 Å². The lowest BCUT2D eigenvalue weighted by molar-refractivity contribution is -0.116. The molecule has 0 saturated heterocycles. The van der Waals surface area contributed by atoms with Crippen molar-refractivity contribution in [1.82, 2.24) is 9.78 Å². The second-order valence-corrected chi connectivity index (χ2v) is 6.29. The average molecular weight is 329 g/mol. The highest BCUT2D eigenvalue weighted by atomic mass is 16.1. The largest absolute Gasteiger partial charge is 0.326 e. The normalized spacial score (nSPS) is 11.1. The van der Waals surface area contributed by atoms with Crippen molar-refractivity contribution < 1.29 is 4.79 Å². The van der Waals surface area contributed by atoms with E-state index >= 15 is 0 Å². The van der Waals surface area contributed by atoms with Crippen molar-refractivity contribution in [2.45, 2.75) is 19.9 Å². The van der Waals surface area contributed by atoms with E-state index in [1.807, 2.05) is 47.3 Å². The zero-order chi connectivity index (χ0) is 17.2. The molecule has 0 unspecified atom stereocenters. The van der Waals surface area contributed by atoms with Gasteiger partial charge in [0.05, 0.1) is 18.3 Å². The van der Waals surface area contributed by atoms with Crippen LogP contribution in [0.3, 0.4) is 0 Å². The van der Waals surface area contributed by atoms with E-state index in [1.165, 1.54) is 10.9 Å². The van der Waals surface area contributed by atoms with Gasteiger partial charge in [-0.05, 0) is 41.5 Å². The number of rotatable bonds is 4. The van der Waals surface area contributed by atoms with Crippen LogP contribution < -0.4 is 5.32 Å². The van der Waals surface area contributed by atoms with Gasteiger partial charge in [-0.15, -0.1) is 0 Å². The van der Waals surface area contributed by atoms with Crippen LogP contribution >= 0.6 is 0 Å². The van der Waals surface area contributed by atoms with Gasteiger partial charge in [-0.25, -0.2) is 0 Å². The van der Waals surface area contributed by atoms with Crippen LogP contribution in [-0.4, -0.2) is 15.7 Å². The SMILES string of the molecule is Cc1ccc2cnn(CCC(=O)Nc3ccc4ccccc4c3)c2c1. The van der Waals surface area contributed by atoms with E-state index in [2.05, 4.69) is 41.6 Å². The van der Waals surface area contributed by atoms with Crippen molar-refractivity contribution in [1.29, 1.82) is 0 Å². The first-order valence-electron chi connectivity index (χ1n) is 8.40. The molecule has 1 aromatic heterocycles. The minimum atomic E-state index is -0.00779. The van der Waals surface area contributed by atoms with Crippen LogP contribution in [0, 0.1) is 6.92 Å². The number of hydrogen-bond donors (Lipinski definition) is 1. The summed E-state index contributed by atoms with van der Waals surface area (Å²) < 4.78 is 1.89. The third-order valence-corrected chi connectivity index (χ3v) is 4.38. The fourth-order valence-electron chi connectivity index (χ4n) is 3.06. The van der Waals surface area contributed by atoms with E-state index < -0.39 is 0 Å². The van der Waals surface area contributed by atoms with E-state index in [1.54, 1.807) is 0 Å². The van der Waals surface area contributed by atoms with Gasteiger partial charge in [0.2, 0.25) is 5.91 Å². The highest BCUT2D eigenvalue weighted by Gasteiger charge is 2.07. The minimum absolute atomic E-state index is 0.00779. The Morgan fingerprint density at radius 1 is 1.00 bits per heavy atom. The van der Waals surface area contributed by atoms with Crippen molar-refractivity contribution in [2.75, 3.05) is 5.32 Å². The van der Waals surface area contributed by atoms with Gasteiger partial charge in [-0.3, -0.25) is 9.48 Å². The zero-order valence-electron chi connectivity index (χ0n) is 14.1. The number of aryl methyl sites for hydroxylation is 2. The molecule has 25 heavy (non-hydrogen) atoms. The molecule has 4 heteroatoms. The highest BCUT2D eigenvalue weighted by Crippen LogP contribution is 2.19. The van der Waals surface area contributed by atoms with Gasteiger partial charge in [0.1, 0.15) is 0 Å². The maximum absolute atomic E-state index is 12.3. The second-order valence-electron chi connectivity index (χ2n) is 6.29. The average Bonchev–Trinajstić information content (AvgIpc) is 3.02. The van der Waals surface area contributed by atoms with Gasteiger partial charge in [-0.1, -0.05) is 42.5 Å². The van der Waals surface area contributed by atoms with Crippen LogP contribution in [0.5, 0.6) is 0 Å². The molecule has 4 rings (SSSR count). The van der Waals surface area contributed by atoms with Gasteiger partial charge < -0.3 is 5.32 Å². The molecule has 4 aromatic rings. The number of benzene rings is 3. The quantitative estimate of drug-likeness (QED) is 0.598. The summed E-state index contributed by atoms with van der Waals surface area (Å²) in [5.41, 5.74) is 3.08. The second kappa shape index (κ2) is 6.40. The van der Waals surface area contributed by atoms with Crippen molar-refractivity contribution in [3.8, 4) is 0 Å². The molecule has 3 aromatic carbocycles. The molecule has 0 spiro atoms. The number of carbonyl (C=O) groups excluding carboxylic acids is 1. The molecule has 4 nitrogen and oxygen atoms in total. The molecule has 0 fully saturated rings. The van der Waals surface area contributed by atoms with E-state index in [9.17, 15) is 4.79 Å². The molecule has 0 aliphatic rings. The monoisotopic (exact) mass is 329 g/mol. The Morgan fingerprint density at radius 2 is 1.80 bits per heavy atom. The molecule has 0 saturated carbocycles. The fraction of sp³-hybridized carbons (Fsp3) is 0.143. The molecule has 0 radical (unpaired) electrons. The molecule has 0 bridgehead atoms. The first kappa shape index (κ1) is 15.4. The van der Waals surface area contributed by atoms with Gasteiger partial charge in [0.25, 0.3) is 0 Å². The van der Waals surface area contributed by atoms with Crippen LogP contribution in [0.1, 0.15) is 12.0 Å². The standard InChI is InChI=1S/C21H19N3O/c1-15-6-7-18-14-22-24(20(18)12-15)11-10-21(25)23-19-9-8-16-4-2-3-5-17(16)13-19/h2-9,12-14H,10-11H2,1H3,(H,23,25). The van der Waals surface area contributed by atoms with E-state index in [-0.39, 0.29) is 5.91 Å². The predicted molar refractivity (Wildman–Crippen MR) is 102 cm³/mol. The van der Waals surface area contributed by atoms with Crippen LogP contribution in [0.25, 0.3) is 21.7 Å². The Kier molecular flexibility index (Phi) is 3.94. The third-order valence-electron chi connectivity index (χ3n) is 4.38. The molecule has 0 atom stereocenters. The molecular weight excluding hydrogens is 310 g/mol. The topological polar surface area (TPSA) is 46.9 Å². The number of anilines is 1. The Bertz CT molecular complexity index is 1070. The Labute approximate surface area is 146 Å². The number of carbonyl (C=O) groups is 1. The maximum atomic E-state index is 12.3. The van der Waals surface area contributed by atoms with Gasteiger partial charge in [0, 0.05) is 17.5 Å². The Balaban J connectivity index is 1.45. The summed E-state index contributed by atoms with van der Waals surface area (Å²) in [6, 6.07) is 20.3. The number of hydrogen-bond acceptors (Lipinski definition) is 2. The highest BCUT2D eigenvalue weighted by molar-refractivity contribution is 5.94. The minimum Gasteiger partial charge on any atom is -0.326 e. The molecule has 0 aliphatic heterocycles. The number of nitrogens with zero attached hydrogens (tertiary/aromatic N) is 2. The lowest BCUT2D eigenvalue weighted by Gasteiger charge is -2.08. The summed E-state index contributed by atoms with van der Waals surface area (Å²) in [4.78, 5) is 12.3. The lowest BCUT2D eigenvalue weighted by atomic mass is 10.1. The van der Waals surface area contributed by atoms with Crippen LogP contribution in [0.15, 0.2) is 66.9 Å².